The Balaban J connectivity index is 2.49. The second-order valence-electron chi connectivity index (χ2n) is 3.85. The van der Waals surface area contributed by atoms with Gasteiger partial charge in [0.2, 0.25) is 0 Å². The van der Waals surface area contributed by atoms with Gasteiger partial charge in [-0.2, -0.15) is 0 Å². The van der Waals surface area contributed by atoms with Crippen LogP contribution in [0.25, 0.3) is 6.08 Å². The molecule has 2 N–H and O–H groups in total. The Morgan fingerprint density at radius 2 is 2.17 bits per heavy atom. The summed E-state index contributed by atoms with van der Waals surface area (Å²) in [6, 6.07) is 7.47. The summed E-state index contributed by atoms with van der Waals surface area (Å²) in [5.74, 6) is 0. The Labute approximate surface area is 106 Å². The molecule has 0 aliphatic carbocycles. The number of amides is 1. The fourth-order valence-corrected chi connectivity index (χ4v) is 1.98. The molecule has 0 radical (unpaired) electrons. The van der Waals surface area contributed by atoms with Crippen molar-refractivity contribution < 1.29 is 14.3 Å². The van der Waals surface area contributed by atoms with E-state index in [0.29, 0.717) is 12.3 Å². The second kappa shape index (κ2) is 5.10. The molecule has 0 spiro atoms. The fraction of sp³-hybridized carbons (Fsp3) is 0.308. The fourth-order valence-electron chi connectivity index (χ4n) is 1.98. The van der Waals surface area contributed by atoms with Gasteiger partial charge in [0, 0.05) is 12.2 Å². The Kier molecular flexibility index (Phi) is 3.53. The molecule has 0 aromatic heterocycles. The number of para-hydroxylation sites is 1. The van der Waals surface area contributed by atoms with Crippen LogP contribution in [0.5, 0.6) is 0 Å². The van der Waals surface area contributed by atoms with Crippen molar-refractivity contribution >= 4 is 17.9 Å². The molecule has 1 aliphatic rings. The van der Waals surface area contributed by atoms with Gasteiger partial charge in [-0.05, 0) is 19.1 Å². The zero-order valence-electron chi connectivity index (χ0n) is 10.4. The van der Waals surface area contributed by atoms with Crippen LogP contribution in [0.4, 0.5) is 10.5 Å². The number of methoxy groups -OCH3 is 1. The number of rotatable bonds is 2. The first-order valence-electron chi connectivity index (χ1n) is 5.74. The molecule has 1 aromatic rings. The van der Waals surface area contributed by atoms with Gasteiger partial charge < -0.3 is 15.2 Å². The Bertz CT molecular complexity index is 485. The molecule has 96 valence electrons. The summed E-state index contributed by atoms with van der Waals surface area (Å²) < 4.78 is 10.3. The number of benzene rings is 1. The summed E-state index contributed by atoms with van der Waals surface area (Å²) in [7, 11) is 1.34. The topological polar surface area (TPSA) is 64.8 Å². The number of fused-ring (bicyclic) bond motifs is 1. The van der Waals surface area contributed by atoms with Crippen LogP contribution in [-0.2, 0) is 9.47 Å². The smallest absolute Gasteiger partial charge is 0.416 e. The van der Waals surface area contributed by atoms with Gasteiger partial charge in [0.25, 0.3) is 0 Å². The van der Waals surface area contributed by atoms with Crippen molar-refractivity contribution in [1.29, 1.82) is 0 Å². The van der Waals surface area contributed by atoms with Crippen molar-refractivity contribution in [2.45, 2.75) is 13.2 Å². The van der Waals surface area contributed by atoms with Crippen LogP contribution in [0.2, 0.25) is 0 Å². The van der Waals surface area contributed by atoms with Crippen LogP contribution in [0, 0.1) is 0 Å². The van der Waals surface area contributed by atoms with Crippen LogP contribution in [0.1, 0.15) is 12.5 Å². The molecule has 0 saturated carbocycles. The Hall–Kier alpha value is -2.01. The molecule has 5 nitrogen and oxygen atoms in total. The Morgan fingerprint density at radius 3 is 2.83 bits per heavy atom. The maximum absolute atomic E-state index is 11.9. The van der Waals surface area contributed by atoms with Crippen molar-refractivity contribution in [3.63, 3.8) is 0 Å². The standard InChI is InChI=1S/C13H16N2O3/c1-3-18-12-10(14)8-9-6-4-5-7-11(9)15(12)13(16)17-2/h4-8,12H,3,14H2,1-2H3. The number of carbonyl (C=O) groups excluding carboxylic acids is 1. The zero-order valence-corrected chi connectivity index (χ0v) is 10.4. The van der Waals surface area contributed by atoms with Gasteiger partial charge in [-0.25, -0.2) is 9.69 Å². The minimum Gasteiger partial charge on any atom is -0.452 e. The van der Waals surface area contributed by atoms with Crippen LogP contribution in [0.15, 0.2) is 30.0 Å². The monoisotopic (exact) mass is 248 g/mol. The minimum absolute atomic E-state index is 0.453. The first-order valence-corrected chi connectivity index (χ1v) is 5.74. The normalized spacial score (nSPS) is 18.0. The van der Waals surface area contributed by atoms with E-state index in [9.17, 15) is 4.79 Å². The summed E-state index contributed by atoms with van der Waals surface area (Å²) in [5, 5.41) is 0. The summed E-state index contributed by atoms with van der Waals surface area (Å²) in [4.78, 5) is 13.3. The van der Waals surface area contributed by atoms with Crippen molar-refractivity contribution in [3.8, 4) is 0 Å². The molecule has 1 heterocycles. The molecule has 0 fully saturated rings. The highest BCUT2D eigenvalue weighted by atomic mass is 16.6. The predicted molar refractivity (Wildman–Crippen MR) is 68.9 cm³/mol. The van der Waals surface area contributed by atoms with Gasteiger partial charge in [-0.15, -0.1) is 0 Å². The highest BCUT2D eigenvalue weighted by molar-refractivity contribution is 5.93. The minimum atomic E-state index is -0.614. The van der Waals surface area contributed by atoms with E-state index in [1.807, 2.05) is 37.3 Å². The number of nitrogens with two attached hydrogens (primary N) is 1. The second-order valence-corrected chi connectivity index (χ2v) is 3.85. The molecule has 5 heteroatoms. The molecular formula is C13H16N2O3. The number of anilines is 1. The molecule has 18 heavy (non-hydrogen) atoms. The highest BCUT2D eigenvalue weighted by Crippen LogP contribution is 2.31. The maximum Gasteiger partial charge on any atom is 0.416 e. The van der Waals surface area contributed by atoms with Crippen molar-refractivity contribution in [2.75, 3.05) is 18.6 Å². The van der Waals surface area contributed by atoms with Gasteiger partial charge in [-0.1, -0.05) is 18.2 Å². The number of nitrogens with zero attached hydrogens (tertiary/aromatic N) is 1. The van der Waals surface area contributed by atoms with Gasteiger partial charge in [0.15, 0.2) is 6.23 Å². The average Bonchev–Trinajstić information content (AvgIpc) is 2.39. The molecule has 1 atom stereocenters. The summed E-state index contributed by atoms with van der Waals surface area (Å²) in [6.07, 6.45) is 0.712. The summed E-state index contributed by atoms with van der Waals surface area (Å²) in [6.45, 7) is 2.30. The Morgan fingerprint density at radius 1 is 1.44 bits per heavy atom. The lowest BCUT2D eigenvalue weighted by Crippen LogP contribution is -2.47. The van der Waals surface area contributed by atoms with Crippen molar-refractivity contribution in [3.05, 3.63) is 35.5 Å². The summed E-state index contributed by atoms with van der Waals surface area (Å²) in [5.41, 5.74) is 8.04. The first kappa shape index (κ1) is 12.4. The van der Waals surface area contributed by atoms with Crippen molar-refractivity contribution in [1.82, 2.24) is 0 Å². The van der Waals surface area contributed by atoms with Gasteiger partial charge in [0.1, 0.15) is 0 Å². The third-order valence-electron chi connectivity index (χ3n) is 2.73. The lowest BCUT2D eigenvalue weighted by atomic mass is 10.1. The molecule has 1 amide bonds. The average molecular weight is 248 g/mol. The third-order valence-corrected chi connectivity index (χ3v) is 2.73. The van der Waals surface area contributed by atoms with Crippen LogP contribution in [-0.4, -0.2) is 26.0 Å². The molecule has 2 rings (SSSR count). The lowest BCUT2D eigenvalue weighted by molar-refractivity contribution is 0.0785. The number of hydrogen-bond donors (Lipinski definition) is 1. The highest BCUT2D eigenvalue weighted by Gasteiger charge is 2.33. The van der Waals surface area contributed by atoms with E-state index < -0.39 is 12.3 Å². The van der Waals surface area contributed by atoms with Gasteiger partial charge in [0.05, 0.1) is 18.5 Å². The van der Waals surface area contributed by atoms with Crippen LogP contribution >= 0.6 is 0 Å². The predicted octanol–water partition coefficient (Wildman–Crippen LogP) is 1.94. The summed E-state index contributed by atoms with van der Waals surface area (Å²) >= 11 is 0. The van der Waals surface area contributed by atoms with Gasteiger partial charge >= 0.3 is 6.09 Å². The SMILES string of the molecule is CCOC1C(N)=Cc2ccccc2N1C(=O)OC. The lowest BCUT2D eigenvalue weighted by Gasteiger charge is -2.34. The molecule has 0 bridgehead atoms. The molecule has 0 saturated heterocycles. The number of hydrogen-bond acceptors (Lipinski definition) is 4. The largest absolute Gasteiger partial charge is 0.452 e. The number of carbonyl (C=O) groups is 1. The van der Waals surface area contributed by atoms with Crippen LogP contribution in [0.3, 0.4) is 0 Å². The van der Waals surface area contributed by atoms with E-state index >= 15 is 0 Å². The van der Waals surface area contributed by atoms with Crippen molar-refractivity contribution in [2.24, 2.45) is 5.73 Å². The molecule has 1 unspecified atom stereocenters. The molecule has 1 aromatic carbocycles. The quantitative estimate of drug-likeness (QED) is 0.868. The van der Waals surface area contributed by atoms with Gasteiger partial charge in [-0.3, -0.25) is 0 Å². The van der Waals surface area contributed by atoms with E-state index in [2.05, 4.69) is 0 Å². The van der Waals surface area contributed by atoms with Crippen LogP contribution < -0.4 is 10.6 Å². The maximum atomic E-state index is 11.9. The van der Waals surface area contributed by atoms with E-state index in [1.54, 1.807) is 0 Å². The molecule has 1 aliphatic heterocycles. The first-order chi connectivity index (χ1) is 8.69. The third kappa shape index (κ3) is 2.04. The van der Waals surface area contributed by atoms with E-state index in [0.717, 1.165) is 11.3 Å². The van der Waals surface area contributed by atoms with E-state index in [4.69, 9.17) is 15.2 Å². The van der Waals surface area contributed by atoms with E-state index in [-0.39, 0.29) is 0 Å². The zero-order chi connectivity index (χ0) is 13.1. The number of ether oxygens (including phenoxy) is 2. The van der Waals surface area contributed by atoms with E-state index in [1.165, 1.54) is 12.0 Å². The molecular weight excluding hydrogens is 232 g/mol.